The standard InChI is InChI=1S/C24H33N3O3S/c1-3-25-17-20-16-24(20,18-25)19-4-6-21(7-5-19)26-12-14-27(15-13-26)31(28,29)23-10-8-22(30-2)9-11-23/h4-8,10-11,20,22H,3,9,12-18H2,1-2H3. The number of piperidine rings is 1. The molecule has 2 heterocycles. The van der Waals surface area contributed by atoms with Gasteiger partial charge in [-0.1, -0.05) is 31.2 Å². The van der Waals surface area contributed by atoms with Crippen molar-refractivity contribution in [3.8, 4) is 0 Å². The molecule has 31 heavy (non-hydrogen) atoms. The molecule has 1 aromatic carbocycles. The van der Waals surface area contributed by atoms with Crippen LogP contribution in [0.4, 0.5) is 5.69 Å². The quantitative estimate of drug-likeness (QED) is 0.677. The van der Waals surface area contributed by atoms with Gasteiger partial charge in [0.2, 0.25) is 10.0 Å². The molecule has 7 heteroatoms. The fraction of sp³-hybridized carbons (Fsp3) is 0.583. The molecule has 4 aliphatic rings. The number of likely N-dealkylation sites (tertiary alicyclic amines) is 1. The van der Waals surface area contributed by atoms with Gasteiger partial charge in [-0.25, -0.2) is 8.42 Å². The number of nitrogens with zero attached hydrogens (tertiary/aromatic N) is 3. The Bertz CT molecular complexity index is 980. The molecule has 3 atom stereocenters. The van der Waals surface area contributed by atoms with Gasteiger partial charge in [0.1, 0.15) is 0 Å². The van der Waals surface area contributed by atoms with Gasteiger partial charge in [-0.05, 0) is 49.1 Å². The van der Waals surface area contributed by atoms with Gasteiger partial charge in [0.15, 0.2) is 0 Å². The number of benzene rings is 1. The largest absolute Gasteiger partial charge is 0.377 e. The van der Waals surface area contributed by atoms with E-state index in [-0.39, 0.29) is 6.10 Å². The number of piperazine rings is 1. The number of hydrogen-bond donors (Lipinski definition) is 0. The summed E-state index contributed by atoms with van der Waals surface area (Å²) in [7, 11) is -1.79. The lowest BCUT2D eigenvalue weighted by molar-refractivity contribution is 0.142. The maximum Gasteiger partial charge on any atom is 0.242 e. The molecule has 3 fully saturated rings. The Morgan fingerprint density at radius 2 is 1.87 bits per heavy atom. The maximum atomic E-state index is 13.0. The summed E-state index contributed by atoms with van der Waals surface area (Å²) < 4.78 is 32.9. The molecule has 5 rings (SSSR count). The molecular formula is C24H33N3O3S. The number of allylic oxidation sites excluding steroid dienone is 1. The first-order valence-corrected chi connectivity index (χ1v) is 12.9. The highest BCUT2D eigenvalue weighted by Crippen LogP contribution is 2.59. The van der Waals surface area contributed by atoms with E-state index in [4.69, 9.17) is 4.74 Å². The Balaban J connectivity index is 1.20. The summed E-state index contributed by atoms with van der Waals surface area (Å²) in [5, 5.41) is 0. The third kappa shape index (κ3) is 3.75. The minimum atomic E-state index is -3.43. The molecule has 1 aromatic rings. The van der Waals surface area contributed by atoms with Crippen molar-refractivity contribution in [3.05, 3.63) is 53.0 Å². The van der Waals surface area contributed by atoms with Crippen LogP contribution in [0.15, 0.2) is 47.4 Å². The number of methoxy groups -OCH3 is 1. The van der Waals surface area contributed by atoms with E-state index in [1.54, 1.807) is 23.6 Å². The number of anilines is 1. The number of likely N-dealkylation sites (N-methyl/N-ethyl adjacent to an activating group) is 1. The summed E-state index contributed by atoms with van der Waals surface area (Å²) in [6.07, 6.45) is 7.20. The van der Waals surface area contributed by atoms with Crippen molar-refractivity contribution in [1.29, 1.82) is 0 Å². The van der Waals surface area contributed by atoms with Crippen molar-refractivity contribution >= 4 is 15.7 Å². The molecule has 168 valence electrons. The molecule has 0 amide bonds. The van der Waals surface area contributed by atoms with Crippen LogP contribution in [0.2, 0.25) is 0 Å². The van der Waals surface area contributed by atoms with Crippen molar-refractivity contribution in [3.63, 3.8) is 0 Å². The normalized spacial score (nSPS) is 31.5. The predicted octanol–water partition coefficient (Wildman–Crippen LogP) is 2.59. The van der Waals surface area contributed by atoms with Crippen LogP contribution in [0.3, 0.4) is 0 Å². The summed E-state index contributed by atoms with van der Waals surface area (Å²) >= 11 is 0. The average Bonchev–Trinajstić information content (AvgIpc) is 3.40. The van der Waals surface area contributed by atoms with Crippen LogP contribution in [-0.2, 0) is 20.2 Å². The van der Waals surface area contributed by atoms with E-state index in [1.807, 2.05) is 6.08 Å². The Morgan fingerprint density at radius 1 is 1.13 bits per heavy atom. The van der Waals surface area contributed by atoms with Gasteiger partial charge in [-0.15, -0.1) is 0 Å². The molecule has 2 aliphatic heterocycles. The van der Waals surface area contributed by atoms with Gasteiger partial charge in [0.25, 0.3) is 0 Å². The number of hydrogen-bond acceptors (Lipinski definition) is 5. The Kier molecular flexibility index (Phi) is 5.49. The number of rotatable bonds is 6. The number of ether oxygens (including phenoxy) is 1. The smallest absolute Gasteiger partial charge is 0.242 e. The third-order valence-electron chi connectivity index (χ3n) is 7.68. The molecule has 6 nitrogen and oxygen atoms in total. The minimum absolute atomic E-state index is 0.0292. The predicted molar refractivity (Wildman–Crippen MR) is 124 cm³/mol. The van der Waals surface area contributed by atoms with E-state index in [2.05, 4.69) is 41.0 Å². The Morgan fingerprint density at radius 3 is 2.45 bits per heavy atom. The summed E-state index contributed by atoms with van der Waals surface area (Å²) in [6.45, 7) is 8.29. The van der Waals surface area contributed by atoms with Gasteiger partial charge in [-0.3, -0.25) is 0 Å². The first kappa shape index (κ1) is 21.2. The van der Waals surface area contributed by atoms with E-state index in [1.165, 1.54) is 30.8 Å². The third-order valence-corrected chi connectivity index (χ3v) is 9.62. The molecular weight excluding hydrogens is 410 g/mol. The SMILES string of the molecule is CCN1CC2CC2(c2ccc(N3CCN(S(=O)(=O)C4=CCC(OC)C=C4)CC3)cc2)C1. The van der Waals surface area contributed by atoms with Gasteiger partial charge in [0, 0.05) is 57.5 Å². The van der Waals surface area contributed by atoms with Gasteiger partial charge < -0.3 is 14.5 Å². The zero-order valence-electron chi connectivity index (χ0n) is 18.5. The summed E-state index contributed by atoms with van der Waals surface area (Å²) in [5.74, 6) is 0.828. The zero-order valence-corrected chi connectivity index (χ0v) is 19.4. The van der Waals surface area contributed by atoms with Gasteiger partial charge >= 0.3 is 0 Å². The van der Waals surface area contributed by atoms with E-state index < -0.39 is 10.0 Å². The molecule has 0 radical (unpaired) electrons. The van der Waals surface area contributed by atoms with Crippen LogP contribution >= 0.6 is 0 Å². The molecule has 1 saturated carbocycles. The molecule has 0 N–H and O–H groups in total. The van der Waals surface area contributed by atoms with E-state index in [0.29, 0.717) is 42.9 Å². The van der Waals surface area contributed by atoms with Crippen LogP contribution in [0.5, 0.6) is 0 Å². The zero-order chi connectivity index (χ0) is 21.6. The fourth-order valence-electron chi connectivity index (χ4n) is 5.56. The van der Waals surface area contributed by atoms with E-state index in [9.17, 15) is 8.42 Å². The van der Waals surface area contributed by atoms with Crippen molar-refractivity contribution < 1.29 is 13.2 Å². The van der Waals surface area contributed by atoms with E-state index in [0.717, 1.165) is 12.5 Å². The van der Waals surface area contributed by atoms with Gasteiger partial charge in [-0.2, -0.15) is 4.31 Å². The molecule has 2 saturated heterocycles. The van der Waals surface area contributed by atoms with Crippen molar-refractivity contribution in [2.45, 2.75) is 31.3 Å². The molecule has 0 bridgehead atoms. The van der Waals surface area contributed by atoms with Crippen LogP contribution in [0, 0.1) is 5.92 Å². The summed E-state index contributed by atoms with van der Waals surface area (Å²) in [6, 6.07) is 9.08. The lowest BCUT2D eigenvalue weighted by atomic mass is 9.94. The second-order valence-corrected chi connectivity index (χ2v) is 11.2. The van der Waals surface area contributed by atoms with Crippen molar-refractivity contribution in [2.24, 2.45) is 5.92 Å². The number of fused-ring (bicyclic) bond motifs is 1. The van der Waals surface area contributed by atoms with Crippen LogP contribution in [-0.4, -0.2) is 76.6 Å². The summed E-state index contributed by atoms with van der Waals surface area (Å²) in [5.41, 5.74) is 3.06. The highest BCUT2D eigenvalue weighted by atomic mass is 32.2. The summed E-state index contributed by atoms with van der Waals surface area (Å²) in [4.78, 5) is 5.26. The van der Waals surface area contributed by atoms with Gasteiger partial charge in [0.05, 0.1) is 11.0 Å². The van der Waals surface area contributed by atoms with Crippen LogP contribution in [0.25, 0.3) is 0 Å². The minimum Gasteiger partial charge on any atom is -0.377 e. The highest BCUT2D eigenvalue weighted by molar-refractivity contribution is 7.93. The average molecular weight is 444 g/mol. The Hall–Kier alpha value is -1.67. The molecule has 3 unspecified atom stereocenters. The second kappa shape index (κ2) is 8.03. The molecule has 2 aliphatic carbocycles. The van der Waals surface area contributed by atoms with Crippen LogP contribution < -0.4 is 4.90 Å². The Labute approximate surface area is 186 Å². The van der Waals surface area contributed by atoms with Crippen molar-refractivity contribution in [1.82, 2.24) is 9.21 Å². The highest BCUT2D eigenvalue weighted by Gasteiger charge is 2.60. The van der Waals surface area contributed by atoms with Crippen LogP contribution in [0.1, 0.15) is 25.3 Å². The first-order valence-electron chi connectivity index (χ1n) is 11.5. The topological polar surface area (TPSA) is 53.1 Å². The number of sulfonamides is 1. The lowest BCUT2D eigenvalue weighted by Gasteiger charge is -2.36. The first-order chi connectivity index (χ1) is 15.0. The molecule has 0 aromatic heterocycles. The second-order valence-electron chi connectivity index (χ2n) is 9.30. The fourth-order valence-corrected chi connectivity index (χ4v) is 7.06. The van der Waals surface area contributed by atoms with E-state index >= 15 is 0 Å². The molecule has 0 spiro atoms. The van der Waals surface area contributed by atoms with Crippen molar-refractivity contribution in [2.75, 3.05) is 57.8 Å². The lowest BCUT2D eigenvalue weighted by Crippen LogP contribution is -2.49. The monoisotopic (exact) mass is 443 g/mol. The maximum absolute atomic E-state index is 13.0.